The monoisotopic (exact) mass is 482 g/mol. The van der Waals surface area contributed by atoms with Gasteiger partial charge in [-0.2, -0.15) is 0 Å². The highest BCUT2D eigenvalue weighted by atomic mass is 35.5. The number of aliphatic hydroxyl groups excluding tert-OH is 1. The molecular weight excluding hydrogens is 463 g/mol. The molecule has 1 unspecified atom stereocenters. The molecule has 2 aromatic rings. The van der Waals surface area contributed by atoms with Gasteiger partial charge >= 0.3 is 0 Å². The number of ether oxygens (including phenoxy) is 1. The zero-order valence-electron chi connectivity index (χ0n) is 17.2. The summed E-state index contributed by atoms with van der Waals surface area (Å²) >= 11 is 18.4. The van der Waals surface area contributed by atoms with Crippen molar-refractivity contribution in [3.63, 3.8) is 0 Å². The van der Waals surface area contributed by atoms with E-state index in [1.54, 1.807) is 24.3 Å². The Kier molecular flexibility index (Phi) is 7.17. The van der Waals surface area contributed by atoms with Gasteiger partial charge in [-0.05, 0) is 43.9 Å². The molecule has 1 amide bonds. The molecule has 0 saturated carbocycles. The molecule has 1 aliphatic rings. The second kappa shape index (κ2) is 9.49. The lowest BCUT2D eigenvalue weighted by atomic mass is 9.95. The number of hydrogen-bond acceptors (Lipinski definition) is 5. The molecule has 0 radical (unpaired) electrons. The number of carbonyl (C=O) groups is 2. The smallest absolute Gasteiger partial charge is 0.295 e. The second-order valence-electron chi connectivity index (χ2n) is 7.32. The Morgan fingerprint density at radius 1 is 1.10 bits per heavy atom. The Balaban J connectivity index is 2.18. The lowest BCUT2D eigenvalue weighted by Gasteiger charge is -2.26. The Hall–Kier alpha value is -2.25. The van der Waals surface area contributed by atoms with Gasteiger partial charge in [0.1, 0.15) is 5.76 Å². The second-order valence-corrected chi connectivity index (χ2v) is 8.57. The van der Waals surface area contributed by atoms with Crippen LogP contribution in [-0.4, -0.2) is 60.9 Å². The molecule has 3 rings (SSSR count). The minimum atomic E-state index is -0.781. The van der Waals surface area contributed by atoms with Gasteiger partial charge in [0, 0.05) is 23.7 Å². The number of carbonyl (C=O) groups excluding carboxylic acids is 2. The molecule has 6 nitrogen and oxygen atoms in total. The van der Waals surface area contributed by atoms with Crippen molar-refractivity contribution < 1.29 is 19.4 Å². The largest absolute Gasteiger partial charge is 0.507 e. The number of benzene rings is 2. The van der Waals surface area contributed by atoms with Crippen LogP contribution in [0.15, 0.2) is 42.0 Å². The van der Waals surface area contributed by atoms with Crippen LogP contribution in [0.5, 0.6) is 5.75 Å². The van der Waals surface area contributed by atoms with Crippen LogP contribution in [0, 0.1) is 0 Å². The van der Waals surface area contributed by atoms with Gasteiger partial charge in [0.25, 0.3) is 11.7 Å². The zero-order valence-corrected chi connectivity index (χ0v) is 19.4. The minimum Gasteiger partial charge on any atom is -0.507 e. The molecule has 1 N–H and O–H groups in total. The Morgan fingerprint density at radius 3 is 2.19 bits per heavy atom. The van der Waals surface area contributed by atoms with Crippen molar-refractivity contribution in [2.75, 3.05) is 34.3 Å². The molecule has 1 heterocycles. The molecular formula is C22H21Cl3N2O4. The Labute approximate surface area is 195 Å². The average Bonchev–Trinajstić information content (AvgIpc) is 2.96. The van der Waals surface area contributed by atoms with E-state index in [1.807, 2.05) is 19.0 Å². The quantitative estimate of drug-likeness (QED) is 0.368. The molecule has 1 aliphatic heterocycles. The highest BCUT2D eigenvalue weighted by Crippen LogP contribution is 2.42. The van der Waals surface area contributed by atoms with E-state index in [4.69, 9.17) is 39.5 Å². The molecule has 31 heavy (non-hydrogen) atoms. The number of ketones is 1. The predicted octanol–water partition coefficient (Wildman–Crippen LogP) is 4.64. The highest BCUT2D eigenvalue weighted by molar-refractivity contribution is 6.46. The van der Waals surface area contributed by atoms with Gasteiger partial charge in [-0.3, -0.25) is 9.59 Å². The van der Waals surface area contributed by atoms with Crippen molar-refractivity contribution in [1.29, 1.82) is 0 Å². The number of Topliss-reactive ketones (excluding diaryl/α,β-unsaturated/α-hetero) is 1. The average molecular weight is 484 g/mol. The summed E-state index contributed by atoms with van der Waals surface area (Å²) in [5.74, 6) is -1.58. The van der Waals surface area contributed by atoms with Gasteiger partial charge in [0.2, 0.25) is 0 Å². The topological polar surface area (TPSA) is 70.1 Å². The summed E-state index contributed by atoms with van der Waals surface area (Å²) in [7, 11) is 5.16. The Bertz CT molecular complexity index is 1030. The number of likely N-dealkylation sites (N-methyl/N-ethyl adjacent to an activating group) is 1. The molecule has 0 spiro atoms. The van der Waals surface area contributed by atoms with Crippen molar-refractivity contribution in [1.82, 2.24) is 9.80 Å². The molecule has 0 bridgehead atoms. The summed E-state index contributed by atoms with van der Waals surface area (Å²) < 4.78 is 5.14. The van der Waals surface area contributed by atoms with Crippen molar-refractivity contribution in [3.05, 3.63) is 68.2 Å². The fourth-order valence-electron chi connectivity index (χ4n) is 3.46. The van der Waals surface area contributed by atoms with Crippen LogP contribution in [0.25, 0.3) is 5.76 Å². The van der Waals surface area contributed by atoms with E-state index in [1.165, 1.54) is 24.1 Å². The van der Waals surface area contributed by atoms with E-state index in [0.717, 1.165) is 0 Å². The van der Waals surface area contributed by atoms with Gasteiger partial charge in [0.05, 0.1) is 28.8 Å². The number of methoxy groups -OCH3 is 1. The summed E-state index contributed by atoms with van der Waals surface area (Å²) in [6.07, 6.45) is 0. The number of amides is 1. The fourth-order valence-corrected chi connectivity index (χ4v) is 4.22. The van der Waals surface area contributed by atoms with Crippen LogP contribution in [0.2, 0.25) is 15.1 Å². The molecule has 164 valence electrons. The van der Waals surface area contributed by atoms with Crippen molar-refractivity contribution in [2.24, 2.45) is 0 Å². The third-order valence-electron chi connectivity index (χ3n) is 4.99. The first-order chi connectivity index (χ1) is 14.6. The lowest BCUT2D eigenvalue weighted by Crippen LogP contribution is -2.35. The van der Waals surface area contributed by atoms with E-state index in [-0.39, 0.29) is 32.7 Å². The molecule has 2 aromatic carbocycles. The number of aliphatic hydroxyl groups is 1. The summed E-state index contributed by atoms with van der Waals surface area (Å²) in [4.78, 5) is 29.2. The van der Waals surface area contributed by atoms with Gasteiger partial charge in [-0.25, -0.2) is 0 Å². The van der Waals surface area contributed by atoms with E-state index in [2.05, 4.69) is 0 Å². The van der Waals surface area contributed by atoms with Crippen LogP contribution in [0.3, 0.4) is 0 Å². The molecule has 0 aromatic heterocycles. The number of likely N-dealkylation sites (tertiary alicyclic amines) is 1. The first-order valence-corrected chi connectivity index (χ1v) is 10.5. The van der Waals surface area contributed by atoms with Crippen molar-refractivity contribution >= 4 is 52.3 Å². The van der Waals surface area contributed by atoms with Crippen LogP contribution in [0.1, 0.15) is 17.2 Å². The third-order valence-corrected chi connectivity index (χ3v) is 5.80. The van der Waals surface area contributed by atoms with E-state index < -0.39 is 17.7 Å². The van der Waals surface area contributed by atoms with Crippen LogP contribution < -0.4 is 4.74 Å². The van der Waals surface area contributed by atoms with Crippen LogP contribution in [-0.2, 0) is 9.59 Å². The van der Waals surface area contributed by atoms with E-state index in [0.29, 0.717) is 23.7 Å². The SMILES string of the molecule is COc1c(Cl)cc(/C(O)=C2\C(=O)C(=O)N(CCN(C)C)C2c2ccc(Cl)cc2)cc1Cl. The maximum Gasteiger partial charge on any atom is 0.295 e. The predicted molar refractivity (Wildman–Crippen MR) is 122 cm³/mol. The standard InChI is InChI=1S/C22H21Cl3N2O4/c1-26(2)8-9-27-18(12-4-6-14(23)7-5-12)17(20(29)22(27)30)19(28)13-10-15(24)21(31-3)16(25)11-13/h4-7,10-11,18,28H,8-9H2,1-3H3/b19-17+. The first-order valence-electron chi connectivity index (χ1n) is 9.37. The van der Waals surface area contributed by atoms with Gasteiger partial charge < -0.3 is 19.6 Å². The number of rotatable bonds is 6. The van der Waals surface area contributed by atoms with Crippen LogP contribution in [0.4, 0.5) is 0 Å². The number of nitrogens with zero attached hydrogens (tertiary/aromatic N) is 2. The van der Waals surface area contributed by atoms with E-state index in [9.17, 15) is 14.7 Å². The number of halogens is 3. The zero-order chi connectivity index (χ0) is 22.9. The minimum absolute atomic E-state index is 0.0385. The van der Waals surface area contributed by atoms with Crippen LogP contribution >= 0.6 is 34.8 Å². The normalized spacial score (nSPS) is 18.2. The summed E-state index contributed by atoms with van der Waals surface area (Å²) in [6, 6.07) is 8.89. The molecule has 1 atom stereocenters. The molecule has 0 aliphatic carbocycles. The maximum absolute atomic E-state index is 13.0. The first kappa shape index (κ1) is 23.4. The molecule has 1 saturated heterocycles. The maximum atomic E-state index is 13.0. The summed E-state index contributed by atoms with van der Waals surface area (Å²) in [5.41, 5.74) is 0.818. The summed E-state index contributed by atoms with van der Waals surface area (Å²) in [5, 5.41) is 11.9. The van der Waals surface area contributed by atoms with Gasteiger partial charge in [-0.1, -0.05) is 46.9 Å². The fraction of sp³-hybridized carbons (Fsp3) is 0.273. The van der Waals surface area contributed by atoms with Gasteiger partial charge in [-0.15, -0.1) is 0 Å². The van der Waals surface area contributed by atoms with Crippen molar-refractivity contribution in [3.8, 4) is 5.75 Å². The van der Waals surface area contributed by atoms with Crippen molar-refractivity contribution in [2.45, 2.75) is 6.04 Å². The van der Waals surface area contributed by atoms with Gasteiger partial charge in [0.15, 0.2) is 5.75 Å². The molecule has 9 heteroatoms. The van der Waals surface area contributed by atoms with E-state index >= 15 is 0 Å². The highest BCUT2D eigenvalue weighted by Gasteiger charge is 2.46. The lowest BCUT2D eigenvalue weighted by molar-refractivity contribution is -0.140. The Morgan fingerprint density at radius 2 is 1.68 bits per heavy atom. The third kappa shape index (κ3) is 4.67. The molecule has 1 fully saturated rings. The summed E-state index contributed by atoms with van der Waals surface area (Å²) in [6.45, 7) is 0.836. The number of hydrogen-bond donors (Lipinski definition) is 1.